The van der Waals surface area contributed by atoms with Gasteiger partial charge in [-0.05, 0) is 33.3 Å². The summed E-state index contributed by atoms with van der Waals surface area (Å²) in [4.78, 5) is 22.5. The molecule has 0 spiro atoms. The van der Waals surface area contributed by atoms with Crippen molar-refractivity contribution in [2.45, 2.75) is 39.2 Å². The van der Waals surface area contributed by atoms with Gasteiger partial charge in [0.2, 0.25) is 5.91 Å². The standard InChI is InChI=1S/C14H20ClN3O3/c1-9-10(13(15)18(4)17-9)5-6-11(19)16-14(2,3)8-7-12(20)21/h5-6H,7-8H2,1-4H3,(H,16,19)(H,20,21). The van der Waals surface area contributed by atoms with Crippen LogP contribution in [-0.2, 0) is 16.6 Å². The van der Waals surface area contributed by atoms with E-state index in [0.717, 1.165) is 5.69 Å². The van der Waals surface area contributed by atoms with E-state index < -0.39 is 11.5 Å². The number of hydrogen-bond donors (Lipinski definition) is 2. The van der Waals surface area contributed by atoms with Gasteiger partial charge in [-0.3, -0.25) is 14.3 Å². The quantitative estimate of drug-likeness (QED) is 0.788. The lowest BCUT2D eigenvalue weighted by atomic mass is 9.98. The summed E-state index contributed by atoms with van der Waals surface area (Å²) in [5, 5.41) is 16.1. The fourth-order valence-electron chi connectivity index (χ4n) is 1.85. The summed E-state index contributed by atoms with van der Waals surface area (Å²) < 4.78 is 1.53. The summed E-state index contributed by atoms with van der Waals surface area (Å²) in [6.45, 7) is 5.37. The highest BCUT2D eigenvalue weighted by Crippen LogP contribution is 2.20. The fourth-order valence-corrected chi connectivity index (χ4v) is 2.09. The SMILES string of the molecule is Cc1nn(C)c(Cl)c1C=CC(=O)NC(C)(C)CCC(=O)O. The lowest BCUT2D eigenvalue weighted by molar-refractivity contribution is -0.137. The van der Waals surface area contributed by atoms with Crippen molar-refractivity contribution in [2.24, 2.45) is 7.05 Å². The Labute approximate surface area is 128 Å². The third-order valence-corrected chi connectivity index (χ3v) is 3.47. The predicted molar refractivity (Wildman–Crippen MR) is 81.1 cm³/mol. The van der Waals surface area contributed by atoms with E-state index in [0.29, 0.717) is 17.1 Å². The number of hydrogen-bond acceptors (Lipinski definition) is 3. The van der Waals surface area contributed by atoms with Gasteiger partial charge in [-0.25, -0.2) is 0 Å². The maximum atomic E-state index is 11.9. The van der Waals surface area contributed by atoms with Crippen LogP contribution in [0.25, 0.3) is 6.08 Å². The van der Waals surface area contributed by atoms with Crippen molar-refractivity contribution in [3.63, 3.8) is 0 Å². The Kier molecular flexibility index (Phi) is 5.54. The highest BCUT2D eigenvalue weighted by molar-refractivity contribution is 6.31. The monoisotopic (exact) mass is 313 g/mol. The van der Waals surface area contributed by atoms with Crippen LogP contribution in [0.4, 0.5) is 0 Å². The Morgan fingerprint density at radius 2 is 2.10 bits per heavy atom. The zero-order chi connectivity index (χ0) is 16.2. The Morgan fingerprint density at radius 1 is 1.48 bits per heavy atom. The summed E-state index contributed by atoms with van der Waals surface area (Å²) in [7, 11) is 1.72. The predicted octanol–water partition coefficient (Wildman–Crippen LogP) is 2.15. The number of carbonyl (C=O) groups excluding carboxylic acids is 1. The molecule has 0 saturated carbocycles. The van der Waals surface area contributed by atoms with E-state index >= 15 is 0 Å². The lowest BCUT2D eigenvalue weighted by Gasteiger charge is -2.24. The molecule has 21 heavy (non-hydrogen) atoms. The molecule has 0 radical (unpaired) electrons. The number of carboxylic acids is 1. The minimum absolute atomic E-state index is 0.00450. The number of rotatable bonds is 6. The number of amides is 1. The minimum Gasteiger partial charge on any atom is -0.481 e. The molecule has 6 nitrogen and oxygen atoms in total. The van der Waals surface area contributed by atoms with Gasteiger partial charge in [-0.1, -0.05) is 11.6 Å². The molecular weight excluding hydrogens is 294 g/mol. The van der Waals surface area contributed by atoms with Gasteiger partial charge < -0.3 is 10.4 Å². The van der Waals surface area contributed by atoms with Crippen molar-refractivity contribution in [2.75, 3.05) is 0 Å². The first-order chi connectivity index (χ1) is 9.62. The van der Waals surface area contributed by atoms with Crippen LogP contribution in [0.1, 0.15) is 37.9 Å². The van der Waals surface area contributed by atoms with Crippen LogP contribution in [0.2, 0.25) is 5.15 Å². The lowest BCUT2D eigenvalue weighted by Crippen LogP contribution is -2.42. The van der Waals surface area contributed by atoms with Gasteiger partial charge in [0.1, 0.15) is 5.15 Å². The number of halogens is 1. The van der Waals surface area contributed by atoms with Crippen molar-refractivity contribution < 1.29 is 14.7 Å². The molecule has 1 amide bonds. The van der Waals surface area contributed by atoms with Crippen LogP contribution in [-0.4, -0.2) is 32.3 Å². The maximum Gasteiger partial charge on any atom is 0.303 e. The zero-order valence-corrected chi connectivity index (χ0v) is 13.4. The molecule has 0 unspecified atom stereocenters. The molecule has 0 fully saturated rings. The van der Waals surface area contributed by atoms with Crippen LogP contribution in [0.15, 0.2) is 6.08 Å². The molecular formula is C14H20ClN3O3. The second kappa shape index (κ2) is 6.76. The number of nitrogens with zero attached hydrogens (tertiary/aromatic N) is 2. The molecule has 0 bridgehead atoms. The summed E-state index contributed by atoms with van der Waals surface area (Å²) >= 11 is 6.07. The van der Waals surface area contributed by atoms with Gasteiger partial charge in [0, 0.05) is 30.6 Å². The molecule has 0 aliphatic heterocycles. The number of nitrogens with one attached hydrogen (secondary N) is 1. The molecule has 1 heterocycles. The second-order valence-electron chi connectivity index (χ2n) is 5.51. The number of carboxylic acid groups (broad SMARTS) is 1. The average Bonchev–Trinajstić information content (AvgIpc) is 2.58. The highest BCUT2D eigenvalue weighted by Gasteiger charge is 2.20. The molecule has 1 aromatic rings. The first kappa shape index (κ1) is 17.2. The molecule has 0 aromatic carbocycles. The van der Waals surface area contributed by atoms with Gasteiger partial charge >= 0.3 is 5.97 Å². The second-order valence-corrected chi connectivity index (χ2v) is 5.87. The Hall–Kier alpha value is -1.82. The third-order valence-electron chi connectivity index (χ3n) is 3.02. The Morgan fingerprint density at radius 3 is 2.57 bits per heavy atom. The molecule has 0 atom stereocenters. The Balaban J connectivity index is 2.68. The van der Waals surface area contributed by atoms with E-state index in [4.69, 9.17) is 16.7 Å². The van der Waals surface area contributed by atoms with Crippen LogP contribution in [0.5, 0.6) is 0 Å². The van der Waals surface area contributed by atoms with Crippen molar-refractivity contribution in [3.8, 4) is 0 Å². The van der Waals surface area contributed by atoms with E-state index in [-0.39, 0.29) is 12.3 Å². The van der Waals surface area contributed by atoms with E-state index in [1.807, 2.05) is 0 Å². The Bertz CT molecular complexity index is 576. The van der Waals surface area contributed by atoms with Crippen molar-refractivity contribution in [1.82, 2.24) is 15.1 Å². The minimum atomic E-state index is -0.884. The molecule has 116 valence electrons. The molecule has 7 heteroatoms. The average molecular weight is 314 g/mol. The summed E-state index contributed by atoms with van der Waals surface area (Å²) in [6, 6.07) is 0. The van der Waals surface area contributed by atoms with E-state index in [1.165, 1.54) is 10.8 Å². The first-order valence-electron chi connectivity index (χ1n) is 6.53. The van der Waals surface area contributed by atoms with Crippen LogP contribution in [0, 0.1) is 6.92 Å². The van der Waals surface area contributed by atoms with Gasteiger partial charge in [-0.15, -0.1) is 0 Å². The zero-order valence-electron chi connectivity index (χ0n) is 12.6. The van der Waals surface area contributed by atoms with E-state index in [1.54, 1.807) is 33.9 Å². The normalized spacial score (nSPS) is 11.9. The smallest absolute Gasteiger partial charge is 0.303 e. The maximum absolute atomic E-state index is 11.9. The summed E-state index contributed by atoms with van der Waals surface area (Å²) in [5.41, 5.74) is 0.836. The third kappa shape index (κ3) is 5.23. The van der Waals surface area contributed by atoms with Gasteiger partial charge in [0.25, 0.3) is 0 Å². The molecule has 0 saturated heterocycles. The van der Waals surface area contributed by atoms with Crippen molar-refractivity contribution >= 4 is 29.6 Å². The largest absolute Gasteiger partial charge is 0.481 e. The number of aromatic nitrogens is 2. The van der Waals surface area contributed by atoms with Crippen LogP contribution in [0.3, 0.4) is 0 Å². The highest BCUT2D eigenvalue weighted by atomic mass is 35.5. The first-order valence-corrected chi connectivity index (χ1v) is 6.91. The van der Waals surface area contributed by atoms with E-state index in [2.05, 4.69) is 10.4 Å². The van der Waals surface area contributed by atoms with Crippen molar-refractivity contribution in [1.29, 1.82) is 0 Å². The van der Waals surface area contributed by atoms with Crippen molar-refractivity contribution in [3.05, 3.63) is 22.5 Å². The van der Waals surface area contributed by atoms with E-state index in [9.17, 15) is 9.59 Å². The fraction of sp³-hybridized carbons (Fsp3) is 0.500. The van der Waals surface area contributed by atoms with Crippen LogP contribution >= 0.6 is 11.6 Å². The topological polar surface area (TPSA) is 84.2 Å². The van der Waals surface area contributed by atoms with Crippen LogP contribution < -0.4 is 5.32 Å². The molecule has 2 N–H and O–H groups in total. The van der Waals surface area contributed by atoms with Gasteiger partial charge in [0.05, 0.1) is 5.69 Å². The molecule has 0 aliphatic rings. The molecule has 0 aliphatic carbocycles. The van der Waals surface area contributed by atoms with Gasteiger partial charge in [0.15, 0.2) is 0 Å². The number of carbonyl (C=O) groups is 2. The number of aryl methyl sites for hydroxylation is 2. The summed E-state index contributed by atoms with van der Waals surface area (Å²) in [5.74, 6) is -1.18. The van der Waals surface area contributed by atoms with Gasteiger partial charge in [-0.2, -0.15) is 5.10 Å². The molecule has 1 rings (SSSR count). The number of aliphatic carboxylic acids is 1. The molecule has 1 aromatic heterocycles. The summed E-state index contributed by atoms with van der Waals surface area (Å²) in [6.07, 6.45) is 3.34.